The second-order valence-electron chi connectivity index (χ2n) is 14.5. The molecule has 4 heteroatoms. The molecule has 12 aromatic rings. The van der Waals surface area contributed by atoms with Crippen LogP contribution in [0.4, 0.5) is 0 Å². The van der Waals surface area contributed by atoms with Gasteiger partial charge in [0.05, 0.1) is 20.4 Å². The molecule has 2 nitrogen and oxygen atoms in total. The van der Waals surface area contributed by atoms with E-state index in [-0.39, 0.29) is 0 Å². The van der Waals surface area contributed by atoms with Crippen molar-refractivity contribution in [3.8, 4) is 43.4 Å². The van der Waals surface area contributed by atoms with Crippen LogP contribution in [0.3, 0.4) is 0 Å². The fourth-order valence-corrected chi connectivity index (χ4v) is 10.6. The number of fused-ring (bicyclic) bond motifs is 13. The molecule has 12 rings (SSSR count). The van der Waals surface area contributed by atoms with Gasteiger partial charge >= 0.3 is 0 Å². The second kappa shape index (κ2) is 12.4. The van der Waals surface area contributed by atoms with Crippen molar-refractivity contribution in [2.45, 2.75) is 0 Å². The molecule has 0 unspecified atom stereocenters. The molecule has 0 N–H and O–H groups in total. The van der Waals surface area contributed by atoms with Crippen molar-refractivity contribution in [1.82, 2.24) is 9.97 Å². The predicted molar refractivity (Wildman–Crippen MR) is 242 cm³/mol. The highest BCUT2D eigenvalue weighted by atomic mass is 32.1. The van der Waals surface area contributed by atoms with E-state index in [9.17, 15) is 0 Å². The van der Waals surface area contributed by atoms with E-state index in [1.165, 1.54) is 85.5 Å². The molecule has 0 fully saturated rings. The van der Waals surface area contributed by atoms with Gasteiger partial charge < -0.3 is 0 Å². The van der Waals surface area contributed by atoms with E-state index < -0.39 is 0 Å². The lowest BCUT2D eigenvalue weighted by Crippen LogP contribution is -1.90. The molecule has 0 saturated heterocycles. The zero-order chi connectivity index (χ0) is 36.7. The number of aromatic nitrogens is 2. The van der Waals surface area contributed by atoms with E-state index in [4.69, 9.17) is 9.97 Å². The van der Waals surface area contributed by atoms with Crippen LogP contribution in [0.5, 0.6) is 0 Å². The third-order valence-corrected chi connectivity index (χ3v) is 13.5. The molecule has 0 spiro atoms. The Morgan fingerprint density at radius 1 is 0.268 bits per heavy atom. The molecule has 0 atom stereocenters. The van der Waals surface area contributed by atoms with Crippen LogP contribution in [0, 0.1) is 0 Å². The first-order valence-corrected chi connectivity index (χ1v) is 20.5. The minimum absolute atomic E-state index is 1.05. The highest BCUT2D eigenvalue weighted by Gasteiger charge is 2.18. The summed E-state index contributed by atoms with van der Waals surface area (Å²) in [6.45, 7) is 0. The highest BCUT2D eigenvalue weighted by molar-refractivity contribution is 7.22. The summed E-state index contributed by atoms with van der Waals surface area (Å²) < 4.78 is 2.43. The van der Waals surface area contributed by atoms with Crippen LogP contribution in [-0.2, 0) is 0 Å². The van der Waals surface area contributed by atoms with Gasteiger partial charge in [-0.15, -0.1) is 22.7 Å². The van der Waals surface area contributed by atoms with Gasteiger partial charge in [0.15, 0.2) is 0 Å². The van der Waals surface area contributed by atoms with Crippen LogP contribution in [0.25, 0.3) is 118 Å². The van der Waals surface area contributed by atoms with Crippen LogP contribution in [0.15, 0.2) is 182 Å². The molecule has 0 radical (unpaired) electrons. The summed E-state index contributed by atoms with van der Waals surface area (Å²) in [4.78, 5) is 9.82. The lowest BCUT2D eigenvalue weighted by Gasteiger charge is -2.18. The van der Waals surface area contributed by atoms with Crippen molar-refractivity contribution in [2.75, 3.05) is 0 Å². The number of hydrogen-bond donors (Lipinski definition) is 0. The molecule has 0 amide bonds. The minimum atomic E-state index is 1.05. The van der Waals surface area contributed by atoms with Crippen LogP contribution in [0.1, 0.15) is 0 Å². The monoisotopic (exact) mass is 746 g/mol. The predicted octanol–water partition coefficient (Wildman–Crippen LogP) is 15.3. The number of para-hydroxylation sites is 2. The van der Waals surface area contributed by atoms with Gasteiger partial charge in [0.2, 0.25) is 0 Å². The van der Waals surface area contributed by atoms with E-state index in [1.807, 2.05) is 0 Å². The van der Waals surface area contributed by atoms with E-state index in [0.29, 0.717) is 0 Å². The average molecular weight is 747 g/mol. The highest BCUT2D eigenvalue weighted by Crippen LogP contribution is 2.46. The fourth-order valence-electron chi connectivity index (χ4n) is 8.63. The molecule has 0 aliphatic carbocycles. The fraction of sp³-hybridized carbons (Fsp3) is 0. The quantitative estimate of drug-likeness (QED) is 0.168. The Morgan fingerprint density at radius 2 is 0.607 bits per heavy atom. The molecule has 2 aromatic heterocycles. The van der Waals surface area contributed by atoms with Crippen molar-refractivity contribution >= 4 is 97.0 Å². The second-order valence-corrected chi connectivity index (χ2v) is 16.6. The third kappa shape index (κ3) is 4.93. The smallest absolute Gasteiger partial charge is 0.124 e. The Kier molecular flexibility index (Phi) is 7.00. The van der Waals surface area contributed by atoms with Gasteiger partial charge in [-0.05, 0) is 113 Å². The molecule has 0 saturated carbocycles. The maximum atomic E-state index is 4.91. The van der Waals surface area contributed by atoms with Crippen molar-refractivity contribution in [2.24, 2.45) is 0 Å². The zero-order valence-electron chi connectivity index (χ0n) is 30.0. The standard InChI is InChI=1S/C52H30N2S2/c1-3-11-41-37(9-1)39-27-25-35(31-17-21-33(22-18-31)51-53-45-13-5-7-15-47(45)55-51)29-43(39)50-42-12-4-2-10-38(42)40-28-26-36(30-44(40)49(41)50)32-19-23-34(24-20-32)52-54-46-14-6-8-16-48(46)56-52/h1-30H. The molecule has 260 valence electrons. The number of thiazole rings is 2. The normalized spacial score (nSPS) is 11.9. The van der Waals surface area contributed by atoms with Crippen LogP contribution in [0.2, 0.25) is 0 Å². The van der Waals surface area contributed by atoms with Crippen LogP contribution < -0.4 is 0 Å². The van der Waals surface area contributed by atoms with Crippen molar-refractivity contribution < 1.29 is 0 Å². The lowest BCUT2D eigenvalue weighted by atomic mass is 9.85. The summed E-state index contributed by atoms with van der Waals surface area (Å²) in [5.74, 6) is 0. The minimum Gasteiger partial charge on any atom is -0.236 e. The van der Waals surface area contributed by atoms with Gasteiger partial charge in [-0.25, -0.2) is 9.97 Å². The molecule has 0 aliphatic heterocycles. The molecule has 0 aliphatic rings. The van der Waals surface area contributed by atoms with E-state index in [2.05, 4.69) is 182 Å². The Labute approximate surface area is 330 Å². The number of hydrogen-bond acceptors (Lipinski definition) is 4. The first-order valence-electron chi connectivity index (χ1n) is 18.9. The zero-order valence-corrected chi connectivity index (χ0v) is 31.7. The SMILES string of the molecule is c1ccc2sc(-c3ccc(-c4ccc5c6ccccc6c6c7cc(-c8ccc(-c9nc%10ccccc%10s9)cc8)ccc7c7ccccc7c6c5c4)cc3)nc2c1. The number of nitrogens with zero attached hydrogens (tertiary/aromatic N) is 2. The molecule has 2 heterocycles. The van der Waals surface area contributed by atoms with Gasteiger partial charge in [0.25, 0.3) is 0 Å². The average Bonchev–Trinajstić information content (AvgIpc) is 3.91. The topological polar surface area (TPSA) is 25.8 Å². The van der Waals surface area contributed by atoms with Gasteiger partial charge in [-0.3, -0.25) is 0 Å². The number of benzene rings is 10. The Balaban J connectivity index is 1.05. The molecular weight excluding hydrogens is 717 g/mol. The third-order valence-electron chi connectivity index (χ3n) is 11.3. The van der Waals surface area contributed by atoms with Crippen LogP contribution >= 0.6 is 22.7 Å². The summed E-state index contributed by atoms with van der Waals surface area (Å²) in [6, 6.07) is 66.5. The largest absolute Gasteiger partial charge is 0.236 e. The van der Waals surface area contributed by atoms with Gasteiger partial charge in [0.1, 0.15) is 10.0 Å². The van der Waals surface area contributed by atoms with Gasteiger partial charge in [-0.1, -0.05) is 146 Å². The van der Waals surface area contributed by atoms with Crippen molar-refractivity contribution in [1.29, 1.82) is 0 Å². The molecule has 10 aromatic carbocycles. The summed E-state index contributed by atoms with van der Waals surface area (Å²) in [7, 11) is 0. The molecular formula is C52H30N2S2. The van der Waals surface area contributed by atoms with Gasteiger partial charge in [-0.2, -0.15) is 0 Å². The maximum Gasteiger partial charge on any atom is 0.124 e. The summed E-state index contributed by atoms with van der Waals surface area (Å²) in [5.41, 5.74) is 9.19. The van der Waals surface area contributed by atoms with Crippen LogP contribution in [-0.4, -0.2) is 9.97 Å². The first kappa shape index (κ1) is 31.6. The Bertz CT molecular complexity index is 3220. The van der Waals surface area contributed by atoms with E-state index in [0.717, 1.165) is 32.2 Å². The van der Waals surface area contributed by atoms with Crippen molar-refractivity contribution in [3.05, 3.63) is 182 Å². The summed E-state index contributed by atoms with van der Waals surface area (Å²) >= 11 is 3.49. The Morgan fingerprint density at radius 3 is 1.04 bits per heavy atom. The molecule has 0 bridgehead atoms. The van der Waals surface area contributed by atoms with E-state index in [1.54, 1.807) is 22.7 Å². The number of rotatable bonds is 4. The van der Waals surface area contributed by atoms with Crippen molar-refractivity contribution in [3.63, 3.8) is 0 Å². The summed E-state index contributed by atoms with van der Waals surface area (Å²) in [6.07, 6.45) is 0. The van der Waals surface area contributed by atoms with E-state index >= 15 is 0 Å². The van der Waals surface area contributed by atoms with Gasteiger partial charge in [0, 0.05) is 11.1 Å². The molecule has 56 heavy (non-hydrogen) atoms. The maximum absolute atomic E-state index is 4.91. The summed E-state index contributed by atoms with van der Waals surface area (Å²) in [5, 5.41) is 14.9. The lowest BCUT2D eigenvalue weighted by molar-refractivity contribution is 1.48. The Hall–Kier alpha value is -6.72. The first-order chi connectivity index (χ1) is 27.7.